The molecule has 4 heteroatoms. The van der Waals surface area contributed by atoms with Crippen LogP contribution < -0.4 is 31.1 Å². The van der Waals surface area contributed by atoms with Crippen molar-refractivity contribution >= 4 is 74.3 Å². The summed E-state index contributed by atoms with van der Waals surface area (Å²) in [7, 11) is 0. The molecule has 3 nitrogen and oxygen atoms in total. The third-order valence-corrected chi connectivity index (χ3v) is 18.1. The van der Waals surface area contributed by atoms with Crippen LogP contribution in [-0.4, -0.2) is 6.71 Å². The molecule has 13 rings (SSSR count). The normalized spacial score (nSPS) is 19.1. The van der Waals surface area contributed by atoms with E-state index in [2.05, 4.69) is 236 Å². The van der Waals surface area contributed by atoms with Crippen molar-refractivity contribution in [2.45, 2.75) is 129 Å². The Kier molecular flexibility index (Phi) is 8.79. The van der Waals surface area contributed by atoms with Crippen LogP contribution in [0.3, 0.4) is 0 Å². The van der Waals surface area contributed by atoms with Crippen LogP contribution in [-0.2, 0) is 27.1 Å². The van der Waals surface area contributed by atoms with E-state index in [9.17, 15) is 4.11 Å². The van der Waals surface area contributed by atoms with Gasteiger partial charge in [0.1, 0.15) is 0 Å². The van der Waals surface area contributed by atoms with Gasteiger partial charge in [0.05, 0.1) is 0 Å². The summed E-state index contributed by atoms with van der Waals surface area (Å²) in [5, 5.41) is 0. The Morgan fingerprint density at radius 2 is 1.00 bits per heavy atom. The third kappa shape index (κ3) is 6.42. The first-order valence-corrected chi connectivity index (χ1v) is 26.4. The van der Waals surface area contributed by atoms with Gasteiger partial charge in [-0.3, -0.25) is 0 Å². The maximum absolute atomic E-state index is 9.32. The minimum Gasteiger partial charge on any atom is -0.311 e. The molecule has 0 amide bonds. The van der Waals surface area contributed by atoms with Gasteiger partial charge in [0.2, 0.25) is 0 Å². The zero-order chi connectivity index (χ0) is 52.5. The number of rotatable bonds is 5. The van der Waals surface area contributed by atoms with E-state index in [-0.39, 0.29) is 33.8 Å². The largest absolute Gasteiger partial charge is 0.311 e. The Bertz CT molecular complexity index is 3660. The summed E-state index contributed by atoms with van der Waals surface area (Å²) in [6.45, 7) is 23.6. The van der Waals surface area contributed by atoms with Gasteiger partial charge in [0.25, 0.3) is 6.71 Å². The molecule has 0 N–H and O–H groups in total. The zero-order valence-corrected chi connectivity index (χ0v) is 44.1. The molecular weight excluding hydrogens is 870 g/mol. The van der Waals surface area contributed by atoms with E-state index in [4.69, 9.17) is 0 Å². The maximum Gasteiger partial charge on any atom is 0.252 e. The van der Waals surface area contributed by atoms with Crippen molar-refractivity contribution in [3.05, 3.63) is 202 Å². The first kappa shape index (κ1) is 41.8. The van der Waals surface area contributed by atoms with Crippen LogP contribution in [0.4, 0.5) is 51.2 Å². The van der Waals surface area contributed by atoms with Gasteiger partial charge in [-0.15, -0.1) is 0 Å². The maximum atomic E-state index is 9.32. The number of benzene rings is 8. The van der Waals surface area contributed by atoms with Crippen LogP contribution in [0.1, 0.15) is 137 Å². The van der Waals surface area contributed by atoms with E-state index in [0.717, 1.165) is 75.9 Å². The number of para-hydroxylation sites is 2. The molecule has 2 aliphatic heterocycles. The van der Waals surface area contributed by atoms with Crippen molar-refractivity contribution in [1.82, 2.24) is 0 Å². The Balaban J connectivity index is 1.15. The molecule has 0 atom stereocenters. The lowest BCUT2D eigenvalue weighted by Crippen LogP contribution is -2.61. The summed E-state index contributed by atoms with van der Waals surface area (Å²) in [5.41, 5.74) is 24.7. The first-order valence-electron chi connectivity index (χ1n) is 27.9. The summed E-state index contributed by atoms with van der Waals surface area (Å²) in [6.07, 6.45) is 3.26. The van der Waals surface area contributed by atoms with Crippen molar-refractivity contribution < 1.29 is 4.11 Å². The number of hydrogen-bond donors (Lipinski definition) is 0. The van der Waals surface area contributed by atoms with Crippen molar-refractivity contribution in [1.29, 1.82) is 0 Å². The van der Waals surface area contributed by atoms with Crippen LogP contribution in [0.2, 0.25) is 0 Å². The first-order chi connectivity index (χ1) is 35.5. The lowest BCUT2D eigenvalue weighted by atomic mass is 9.33. The molecule has 5 aliphatic rings. The molecule has 0 radical (unpaired) electrons. The minimum absolute atomic E-state index is 0.0290. The van der Waals surface area contributed by atoms with Crippen LogP contribution >= 0.6 is 0 Å². The lowest BCUT2D eigenvalue weighted by molar-refractivity contribution is 0.332. The molecule has 0 bridgehead atoms. The highest BCUT2D eigenvalue weighted by Crippen LogP contribution is 2.56. The highest BCUT2D eigenvalue weighted by Gasteiger charge is 2.49. The number of fused-ring (bicyclic) bond motifs is 9. The fourth-order valence-corrected chi connectivity index (χ4v) is 14.5. The van der Waals surface area contributed by atoms with E-state index >= 15 is 0 Å². The third-order valence-electron chi connectivity index (χ3n) is 18.1. The second kappa shape index (κ2) is 15.1. The van der Waals surface area contributed by atoms with Crippen molar-refractivity contribution in [3.63, 3.8) is 0 Å². The number of aryl methyl sites for hydroxylation is 2. The van der Waals surface area contributed by atoms with Crippen molar-refractivity contribution in [3.8, 4) is 11.1 Å². The topological polar surface area (TPSA) is 9.72 Å². The molecule has 0 saturated heterocycles. The summed E-state index contributed by atoms with van der Waals surface area (Å²) in [6, 6.07) is 58.2. The fourth-order valence-electron chi connectivity index (χ4n) is 14.5. The van der Waals surface area contributed by atoms with E-state index in [1.165, 1.54) is 61.0 Å². The van der Waals surface area contributed by atoms with Crippen LogP contribution in [0.5, 0.6) is 0 Å². The molecular formula is C68H68BN3. The SMILES string of the molecule is [2H]C([2H])([2H])c1cc2c3c(c1)N(c1cc4c(cc1C)C(C)(C)CCC4(C)C)c1cc4c(cc1B3c1ccc(N(c3ccccc3)c3ccccc3)cc1N2c1ccc2c(c1)C(C)(C)c1ccccc1-2)C(C)(C)CC4(C)C. The molecule has 8 aromatic carbocycles. The Morgan fingerprint density at radius 1 is 0.444 bits per heavy atom. The van der Waals surface area contributed by atoms with Crippen LogP contribution in [0, 0.1) is 13.8 Å². The summed E-state index contributed by atoms with van der Waals surface area (Å²) >= 11 is 0. The van der Waals surface area contributed by atoms with Gasteiger partial charge < -0.3 is 14.7 Å². The monoisotopic (exact) mass is 941 g/mol. The lowest BCUT2D eigenvalue weighted by Gasteiger charge is -2.47. The molecule has 0 aromatic heterocycles. The molecule has 8 aromatic rings. The number of anilines is 9. The Labute approximate surface area is 433 Å². The smallest absolute Gasteiger partial charge is 0.252 e. The van der Waals surface area contributed by atoms with Crippen LogP contribution in [0.15, 0.2) is 158 Å². The molecule has 0 unspecified atom stereocenters. The van der Waals surface area contributed by atoms with E-state index < -0.39 is 6.85 Å². The summed E-state index contributed by atoms with van der Waals surface area (Å²) < 4.78 is 28.0. The summed E-state index contributed by atoms with van der Waals surface area (Å²) in [5.74, 6) is 0. The van der Waals surface area contributed by atoms with Gasteiger partial charge in [-0.25, -0.2) is 0 Å². The molecule has 358 valence electrons. The molecule has 3 aliphatic carbocycles. The van der Waals surface area contributed by atoms with Gasteiger partial charge in [0.15, 0.2) is 0 Å². The zero-order valence-electron chi connectivity index (χ0n) is 47.1. The average Bonchev–Trinajstić information content (AvgIpc) is 3.71. The second-order valence-corrected chi connectivity index (χ2v) is 25.0. The Morgan fingerprint density at radius 3 is 1.67 bits per heavy atom. The van der Waals surface area contributed by atoms with Crippen LogP contribution in [0.25, 0.3) is 11.1 Å². The molecule has 0 fully saturated rings. The molecule has 0 spiro atoms. The van der Waals surface area contributed by atoms with Crippen molar-refractivity contribution in [2.75, 3.05) is 14.7 Å². The Hall–Kier alpha value is -6.78. The van der Waals surface area contributed by atoms with Gasteiger partial charge in [-0.05, 0) is 200 Å². The minimum atomic E-state index is -2.40. The van der Waals surface area contributed by atoms with Gasteiger partial charge in [0, 0.05) is 60.7 Å². The summed E-state index contributed by atoms with van der Waals surface area (Å²) in [4.78, 5) is 7.27. The highest BCUT2D eigenvalue weighted by molar-refractivity contribution is 7.00. The second-order valence-electron chi connectivity index (χ2n) is 25.0. The highest BCUT2D eigenvalue weighted by atomic mass is 15.2. The van der Waals surface area contributed by atoms with Gasteiger partial charge in [-0.2, -0.15) is 0 Å². The van der Waals surface area contributed by atoms with E-state index in [1.807, 2.05) is 12.1 Å². The quantitative estimate of drug-likeness (QED) is 0.159. The van der Waals surface area contributed by atoms with Gasteiger partial charge in [-0.1, -0.05) is 154 Å². The van der Waals surface area contributed by atoms with Crippen molar-refractivity contribution in [2.24, 2.45) is 0 Å². The predicted molar refractivity (Wildman–Crippen MR) is 308 cm³/mol. The van der Waals surface area contributed by atoms with E-state index in [0.29, 0.717) is 5.56 Å². The van der Waals surface area contributed by atoms with E-state index in [1.54, 1.807) is 0 Å². The number of nitrogens with zero attached hydrogens (tertiary/aromatic N) is 3. The fraction of sp³-hybridized carbons (Fsp3) is 0.294. The van der Waals surface area contributed by atoms with Gasteiger partial charge >= 0.3 is 0 Å². The number of hydrogen-bond acceptors (Lipinski definition) is 3. The molecule has 72 heavy (non-hydrogen) atoms. The predicted octanol–water partition coefficient (Wildman–Crippen LogP) is 16.5. The average molecular weight is 941 g/mol. The molecule has 0 saturated carbocycles. The standard InChI is InChI=1S/C68H68BN3/c1-42-33-61-63-62(34-42)72(58-39-54-52(35-43(58)2)64(3,4)31-32-65(54,5)6)60-40-55-53(66(7,8)41-67(55,9)10)38-57(60)69(63)56-30-28-47(70(44-21-15-13-16-22-44)45-23-17-14-18-24-45)37-59(56)71(61)46-27-29-49-48-25-19-20-26-50(48)68(11,12)51(49)36-46/h13-30,33-40H,31-32,41H2,1-12H3/i1D3. The molecule has 2 heterocycles.